The molecule has 6 heteroatoms. The van der Waals surface area contributed by atoms with Crippen LogP contribution in [0.2, 0.25) is 5.02 Å². The van der Waals surface area contributed by atoms with Crippen LogP contribution in [0.1, 0.15) is 17.3 Å². The Morgan fingerprint density at radius 3 is 3.00 bits per heavy atom. The number of methoxy groups -OCH3 is 1. The van der Waals surface area contributed by atoms with Gasteiger partial charge in [0, 0.05) is 19.3 Å². The number of pyridine rings is 1. The van der Waals surface area contributed by atoms with Crippen LogP contribution in [-0.4, -0.2) is 35.8 Å². The first-order chi connectivity index (χ1) is 7.54. The van der Waals surface area contributed by atoms with Gasteiger partial charge in [0.1, 0.15) is 5.82 Å². The summed E-state index contributed by atoms with van der Waals surface area (Å²) in [4.78, 5) is 14.8. The largest absolute Gasteiger partial charge is 0.478 e. The van der Waals surface area contributed by atoms with E-state index in [0.717, 1.165) is 0 Å². The van der Waals surface area contributed by atoms with Crippen molar-refractivity contribution in [1.29, 1.82) is 0 Å². The minimum absolute atomic E-state index is 0.0313. The van der Waals surface area contributed by atoms with Gasteiger partial charge in [-0.2, -0.15) is 0 Å². The van der Waals surface area contributed by atoms with Crippen molar-refractivity contribution in [2.45, 2.75) is 13.0 Å². The third-order valence-electron chi connectivity index (χ3n) is 1.90. The summed E-state index contributed by atoms with van der Waals surface area (Å²) in [5, 5.41) is 12.0. The molecule has 1 aromatic rings. The van der Waals surface area contributed by atoms with Crippen LogP contribution in [0, 0.1) is 0 Å². The second-order valence-corrected chi connectivity index (χ2v) is 3.76. The van der Waals surface area contributed by atoms with Crippen LogP contribution < -0.4 is 5.32 Å². The standard InChI is InChI=1S/C10H13ClN2O3/c1-6(5-16-2)13-9-3-7(10(14)15)8(11)4-12-9/h3-4,6H,5H2,1-2H3,(H,12,13)(H,14,15). The Morgan fingerprint density at radius 2 is 2.44 bits per heavy atom. The molecule has 1 heterocycles. The number of anilines is 1. The average molecular weight is 245 g/mol. The van der Waals surface area contributed by atoms with Crippen LogP contribution in [0.25, 0.3) is 0 Å². The van der Waals surface area contributed by atoms with Crippen molar-refractivity contribution in [1.82, 2.24) is 4.98 Å². The number of halogens is 1. The molecule has 0 aliphatic heterocycles. The minimum Gasteiger partial charge on any atom is -0.478 e. The third kappa shape index (κ3) is 3.36. The molecule has 0 fully saturated rings. The fraction of sp³-hybridized carbons (Fsp3) is 0.400. The molecular formula is C10H13ClN2O3. The maximum absolute atomic E-state index is 10.8. The highest BCUT2D eigenvalue weighted by Gasteiger charge is 2.11. The second kappa shape index (κ2) is 5.67. The van der Waals surface area contributed by atoms with Crippen molar-refractivity contribution in [3.05, 3.63) is 22.8 Å². The van der Waals surface area contributed by atoms with Crippen molar-refractivity contribution in [3.63, 3.8) is 0 Å². The number of hydrogen-bond acceptors (Lipinski definition) is 4. The molecular weight excluding hydrogens is 232 g/mol. The number of nitrogens with one attached hydrogen (secondary N) is 1. The van der Waals surface area contributed by atoms with Crippen LogP contribution in [0.15, 0.2) is 12.3 Å². The minimum atomic E-state index is -1.07. The van der Waals surface area contributed by atoms with Crippen LogP contribution in [0.4, 0.5) is 5.82 Å². The molecule has 0 aromatic carbocycles. The molecule has 5 nitrogen and oxygen atoms in total. The molecule has 1 unspecified atom stereocenters. The van der Waals surface area contributed by atoms with Gasteiger partial charge in [0.25, 0.3) is 0 Å². The molecule has 2 N–H and O–H groups in total. The van der Waals surface area contributed by atoms with E-state index in [1.165, 1.54) is 12.3 Å². The molecule has 0 radical (unpaired) electrons. The van der Waals surface area contributed by atoms with E-state index in [2.05, 4.69) is 10.3 Å². The van der Waals surface area contributed by atoms with Gasteiger partial charge in [-0.05, 0) is 13.0 Å². The number of nitrogens with zero attached hydrogens (tertiary/aromatic N) is 1. The molecule has 1 aromatic heterocycles. The zero-order chi connectivity index (χ0) is 12.1. The van der Waals surface area contributed by atoms with Gasteiger partial charge >= 0.3 is 5.97 Å². The summed E-state index contributed by atoms with van der Waals surface area (Å²) in [5.74, 6) is -0.610. The molecule has 88 valence electrons. The highest BCUT2D eigenvalue weighted by molar-refractivity contribution is 6.33. The maximum Gasteiger partial charge on any atom is 0.337 e. The van der Waals surface area contributed by atoms with E-state index < -0.39 is 5.97 Å². The summed E-state index contributed by atoms with van der Waals surface area (Å²) in [6, 6.07) is 1.44. The van der Waals surface area contributed by atoms with Gasteiger partial charge in [-0.25, -0.2) is 9.78 Å². The topological polar surface area (TPSA) is 71.5 Å². The number of aromatic carboxylic acids is 1. The molecule has 0 spiro atoms. The molecule has 1 rings (SSSR count). The summed E-state index contributed by atoms with van der Waals surface area (Å²) in [7, 11) is 1.59. The molecule has 0 bridgehead atoms. The van der Waals surface area contributed by atoms with Gasteiger partial charge in [0.2, 0.25) is 0 Å². The molecule has 0 aliphatic carbocycles. The van der Waals surface area contributed by atoms with Crippen LogP contribution in [-0.2, 0) is 4.74 Å². The molecule has 0 saturated heterocycles. The first-order valence-electron chi connectivity index (χ1n) is 4.69. The third-order valence-corrected chi connectivity index (χ3v) is 2.20. The number of carbonyl (C=O) groups is 1. The van der Waals surface area contributed by atoms with Crippen LogP contribution in [0.5, 0.6) is 0 Å². The lowest BCUT2D eigenvalue weighted by Gasteiger charge is -2.13. The molecule has 1 atom stereocenters. The van der Waals surface area contributed by atoms with Crippen molar-refractivity contribution >= 4 is 23.4 Å². The Kier molecular flexibility index (Phi) is 4.52. The lowest BCUT2D eigenvalue weighted by atomic mass is 10.2. The van der Waals surface area contributed by atoms with E-state index in [1.54, 1.807) is 7.11 Å². The van der Waals surface area contributed by atoms with E-state index in [-0.39, 0.29) is 16.6 Å². The number of carboxylic acid groups (broad SMARTS) is 1. The summed E-state index contributed by atoms with van der Waals surface area (Å²) in [5.41, 5.74) is 0.0313. The van der Waals surface area contributed by atoms with Crippen LogP contribution >= 0.6 is 11.6 Å². The van der Waals surface area contributed by atoms with Crippen molar-refractivity contribution in [2.75, 3.05) is 19.0 Å². The quantitative estimate of drug-likeness (QED) is 0.828. The van der Waals surface area contributed by atoms with E-state index in [1.807, 2.05) is 6.92 Å². The molecule has 0 saturated carbocycles. The van der Waals surface area contributed by atoms with Gasteiger partial charge in [-0.3, -0.25) is 0 Å². The smallest absolute Gasteiger partial charge is 0.337 e. The summed E-state index contributed by atoms with van der Waals surface area (Å²) in [6.45, 7) is 2.41. The van der Waals surface area contributed by atoms with Crippen molar-refractivity contribution in [3.8, 4) is 0 Å². The predicted molar refractivity (Wildman–Crippen MR) is 61.2 cm³/mol. The Labute approximate surface area is 98.4 Å². The van der Waals surface area contributed by atoms with Crippen molar-refractivity contribution < 1.29 is 14.6 Å². The number of hydrogen-bond donors (Lipinski definition) is 2. The molecule has 0 aliphatic rings. The number of aromatic nitrogens is 1. The Morgan fingerprint density at radius 1 is 1.75 bits per heavy atom. The Bertz CT molecular complexity index is 384. The summed E-state index contributed by atoms with van der Waals surface area (Å²) < 4.78 is 4.94. The second-order valence-electron chi connectivity index (χ2n) is 3.36. The van der Waals surface area contributed by atoms with Gasteiger partial charge in [0.15, 0.2) is 0 Å². The zero-order valence-corrected chi connectivity index (χ0v) is 9.78. The van der Waals surface area contributed by atoms with Crippen LogP contribution in [0.3, 0.4) is 0 Å². The summed E-state index contributed by atoms with van der Waals surface area (Å²) >= 11 is 5.69. The van der Waals surface area contributed by atoms with Gasteiger partial charge in [-0.1, -0.05) is 11.6 Å². The number of carboxylic acids is 1. The fourth-order valence-corrected chi connectivity index (χ4v) is 1.41. The van der Waals surface area contributed by atoms with E-state index in [9.17, 15) is 4.79 Å². The monoisotopic (exact) mass is 244 g/mol. The highest BCUT2D eigenvalue weighted by atomic mass is 35.5. The normalized spacial score (nSPS) is 12.2. The average Bonchev–Trinajstić information content (AvgIpc) is 2.21. The summed E-state index contributed by atoms with van der Waals surface area (Å²) in [6.07, 6.45) is 1.31. The van der Waals surface area contributed by atoms with Crippen molar-refractivity contribution in [2.24, 2.45) is 0 Å². The molecule has 0 amide bonds. The van der Waals surface area contributed by atoms with E-state index >= 15 is 0 Å². The Hall–Kier alpha value is -1.33. The van der Waals surface area contributed by atoms with Gasteiger partial charge < -0.3 is 15.2 Å². The first kappa shape index (κ1) is 12.7. The van der Waals surface area contributed by atoms with E-state index in [4.69, 9.17) is 21.4 Å². The van der Waals surface area contributed by atoms with Gasteiger partial charge in [-0.15, -0.1) is 0 Å². The first-order valence-corrected chi connectivity index (χ1v) is 5.06. The van der Waals surface area contributed by atoms with Gasteiger partial charge in [0.05, 0.1) is 17.2 Å². The lowest BCUT2D eigenvalue weighted by Crippen LogP contribution is -2.21. The fourth-order valence-electron chi connectivity index (χ4n) is 1.23. The number of ether oxygens (including phenoxy) is 1. The maximum atomic E-state index is 10.8. The lowest BCUT2D eigenvalue weighted by molar-refractivity contribution is 0.0697. The highest BCUT2D eigenvalue weighted by Crippen LogP contribution is 2.18. The number of rotatable bonds is 5. The molecule has 16 heavy (non-hydrogen) atoms. The SMILES string of the molecule is COCC(C)Nc1cc(C(=O)O)c(Cl)cn1. The Balaban J connectivity index is 2.82. The predicted octanol–water partition coefficient (Wildman–Crippen LogP) is 1.88. The van der Waals surface area contributed by atoms with E-state index in [0.29, 0.717) is 12.4 Å². The zero-order valence-electron chi connectivity index (χ0n) is 9.03.